The van der Waals surface area contributed by atoms with E-state index in [9.17, 15) is 14.9 Å². The Labute approximate surface area is 164 Å². The third-order valence-corrected chi connectivity index (χ3v) is 3.83. The maximum atomic E-state index is 12.0. The van der Waals surface area contributed by atoms with Crippen molar-refractivity contribution in [3.05, 3.63) is 82.1 Å². The Morgan fingerprint density at radius 2 is 1.68 bits per heavy atom. The fourth-order valence-electron chi connectivity index (χ4n) is 2.22. The predicted molar refractivity (Wildman–Crippen MR) is 103 cm³/mol. The molecule has 0 unspecified atom stereocenters. The van der Waals surface area contributed by atoms with Gasteiger partial charge in [0, 0.05) is 24.1 Å². The molecule has 0 bridgehead atoms. The second-order valence-corrected chi connectivity index (χ2v) is 5.92. The molecule has 0 radical (unpaired) electrons. The first kappa shape index (κ1) is 19.1. The van der Waals surface area contributed by atoms with Crippen molar-refractivity contribution in [2.24, 2.45) is 0 Å². The van der Waals surface area contributed by atoms with Gasteiger partial charge in [-0.05, 0) is 48.5 Å². The second-order valence-electron chi connectivity index (χ2n) is 5.52. The molecule has 1 aromatic heterocycles. The number of pyridine rings is 1. The van der Waals surface area contributed by atoms with Crippen LogP contribution in [0.5, 0.6) is 17.2 Å². The van der Waals surface area contributed by atoms with Gasteiger partial charge < -0.3 is 14.8 Å². The lowest BCUT2D eigenvalue weighted by molar-refractivity contribution is -0.384. The van der Waals surface area contributed by atoms with E-state index in [1.165, 1.54) is 18.2 Å². The summed E-state index contributed by atoms with van der Waals surface area (Å²) in [5.41, 5.74) is -0.0315. The second kappa shape index (κ2) is 8.83. The van der Waals surface area contributed by atoms with Crippen LogP contribution in [0.2, 0.25) is 5.02 Å². The summed E-state index contributed by atoms with van der Waals surface area (Å²) in [7, 11) is 0. The lowest BCUT2D eigenvalue weighted by Crippen LogP contribution is -2.20. The number of amides is 1. The quantitative estimate of drug-likeness (QED) is 0.465. The minimum absolute atomic E-state index is 0.00618. The van der Waals surface area contributed by atoms with Crippen molar-refractivity contribution in [1.82, 2.24) is 4.98 Å². The molecule has 1 N–H and O–H groups in total. The summed E-state index contributed by atoms with van der Waals surface area (Å²) in [6.45, 7) is -0.263. The van der Waals surface area contributed by atoms with Crippen molar-refractivity contribution in [1.29, 1.82) is 0 Å². The highest BCUT2D eigenvalue weighted by Crippen LogP contribution is 2.27. The molecule has 3 rings (SSSR count). The van der Waals surface area contributed by atoms with Gasteiger partial charge in [-0.1, -0.05) is 11.6 Å². The number of ether oxygens (including phenoxy) is 2. The zero-order valence-electron chi connectivity index (χ0n) is 14.4. The van der Waals surface area contributed by atoms with Crippen LogP contribution in [0.4, 0.5) is 11.4 Å². The molecule has 28 heavy (non-hydrogen) atoms. The molecular formula is C19H14ClN3O5. The SMILES string of the molecule is O=C(COc1ccc(Oc2ccncc2)cc1)Nc1ccc(Cl)c([N+](=O)[O-])c1. The number of nitro groups is 1. The van der Waals surface area contributed by atoms with Gasteiger partial charge in [0.25, 0.3) is 11.6 Å². The lowest BCUT2D eigenvalue weighted by atomic mass is 10.3. The van der Waals surface area contributed by atoms with E-state index in [4.69, 9.17) is 21.1 Å². The monoisotopic (exact) mass is 399 g/mol. The van der Waals surface area contributed by atoms with Crippen LogP contribution in [0.3, 0.4) is 0 Å². The number of hydrogen-bond donors (Lipinski definition) is 1. The van der Waals surface area contributed by atoms with Gasteiger partial charge in [-0.25, -0.2) is 0 Å². The molecule has 0 saturated heterocycles. The van der Waals surface area contributed by atoms with Crippen molar-refractivity contribution >= 4 is 28.9 Å². The molecule has 0 saturated carbocycles. The summed E-state index contributed by atoms with van der Waals surface area (Å²) in [5.74, 6) is 1.27. The fourth-order valence-corrected chi connectivity index (χ4v) is 2.41. The summed E-state index contributed by atoms with van der Waals surface area (Å²) in [6.07, 6.45) is 3.25. The molecule has 0 atom stereocenters. The Bertz CT molecular complexity index is 981. The first-order valence-electron chi connectivity index (χ1n) is 8.06. The zero-order valence-corrected chi connectivity index (χ0v) is 15.1. The van der Waals surface area contributed by atoms with Gasteiger partial charge in [-0.15, -0.1) is 0 Å². The Balaban J connectivity index is 1.53. The lowest BCUT2D eigenvalue weighted by Gasteiger charge is -2.09. The van der Waals surface area contributed by atoms with Crippen LogP contribution in [0.25, 0.3) is 0 Å². The number of halogens is 1. The molecule has 8 nitrogen and oxygen atoms in total. The smallest absolute Gasteiger partial charge is 0.289 e. The van der Waals surface area contributed by atoms with Crippen LogP contribution in [0, 0.1) is 10.1 Å². The molecule has 1 heterocycles. The van der Waals surface area contributed by atoms with Gasteiger partial charge in [-0.2, -0.15) is 0 Å². The maximum absolute atomic E-state index is 12.0. The molecule has 2 aromatic carbocycles. The first-order valence-corrected chi connectivity index (χ1v) is 8.43. The summed E-state index contributed by atoms with van der Waals surface area (Å²) in [4.78, 5) is 26.2. The normalized spacial score (nSPS) is 10.2. The van der Waals surface area contributed by atoms with E-state index in [-0.39, 0.29) is 23.0 Å². The highest BCUT2D eigenvalue weighted by atomic mass is 35.5. The number of rotatable bonds is 7. The summed E-state index contributed by atoms with van der Waals surface area (Å²) in [5, 5.41) is 13.4. The Hall–Kier alpha value is -3.65. The topological polar surface area (TPSA) is 104 Å². The van der Waals surface area contributed by atoms with E-state index >= 15 is 0 Å². The van der Waals surface area contributed by atoms with Gasteiger partial charge in [-0.3, -0.25) is 19.9 Å². The van der Waals surface area contributed by atoms with Crippen LogP contribution >= 0.6 is 11.6 Å². The number of hydrogen-bond acceptors (Lipinski definition) is 6. The fraction of sp³-hybridized carbons (Fsp3) is 0.0526. The van der Waals surface area contributed by atoms with Crippen LogP contribution in [-0.4, -0.2) is 22.4 Å². The highest BCUT2D eigenvalue weighted by molar-refractivity contribution is 6.32. The number of anilines is 1. The Kier molecular flexibility index (Phi) is 6.03. The molecule has 0 fully saturated rings. The summed E-state index contributed by atoms with van der Waals surface area (Å²) >= 11 is 5.74. The van der Waals surface area contributed by atoms with E-state index in [1.807, 2.05) is 0 Å². The largest absolute Gasteiger partial charge is 0.484 e. The maximum Gasteiger partial charge on any atom is 0.289 e. The molecule has 0 aliphatic carbocycles. The van der Waals surface area contributed by atoms with E-state index < -0.39 is 10.8 Å². The Morgan fingerprint density at radius 3 is 2.36 bits per heavy atom. The van der Waals surface area contributed by atoms with E-state index in [0.717, 1.165) is 0 Å². The third-order valence-electron chi connectivity index (χ3n) is 3.51. The molecule has 0 aliphatic heterocycles. The summed E-state index contributed by atoms with van der Waals surface area (Å²) < 4.78 is 11.0. The van der Waals surface area contributed by atoms with Gasteiger partial charge in [0.2, 0.25) is 0 Å². The first-order chi connectivity index (χ1) is 13.5. The average Bonchev–Trinajstić information content (AvgIpc) is 2.69. The van der Waals surface area contributed by atoms with Gasteiger partial charge in [0.05, 0.1) is 4.92 Å². The average molecular weight is 400 g/mol. The van der Waals surface area contributed by atoms with Gasteiger partial charge in [0.1, 0.15) is 22.3 Å². The van der Waals surface area contributed by atoms with Crippen molar-refractivity contribution in [2.75, 3.05) is 11.9 Å². The standard InChI is InChI=1S/C19H14ClN3O5/c20-17-6-1-13(11-18(17)23(25)26)22-19(24)12-27-14-2-4-15(5-3-14)28-16-7-9-21-10-8-16/h1-11H,12H2,(H,22,24). The van der Waals surface area contributed by atoms with Crippen molar-refractivity contribution in [3.8, 4) is 17.2 Å². The zero-order chi connectivity index (χ0) is 19.9. The molecule has 142 valence electrons. The highest BCUT2D eigenvalue weighted by Gasteiger charge is 2.14. The summed E-state index contributed by atoms with van der Waals surface area (Å²) in [6, 6.07) is 14.2. The Morgan fingerprint density at radius 1 is 1.04 bits per heavy atom. The van der Waals surface area contributed by atoms with E-state index in [0.29, 0.717) is 17.2 Å². The van der Waals surface area contributed by atoms with Gasteiger partial charge >= 0.3 is 0 Å². The number of carbonyl (C=O) groups excluding carboxylic acids is 1. The van der Waals surface area contributed by atoms with E-state index in [1.54, 1.807) is 48.8 Å². The van der Waals surface area contributed by atoms with Crippen molar-refractivity contribution in [2.45, 2.75) is 0 Å². The number of nitro benzene ring substituents is 1. The van der Waals surface area contributed by atoms with Gasteiger partial charge in [0.15, 0.2) is 6.61 Å². The van der Waals surface area contributed by atoms with Crippen LogP contribution in [0.15, 0.2) is 67.0 Å². The van der Waals surface area contributed by atoms with Crippen LogP contribution in [-0.2, 0) is 4.79 Å². The molecule has 0 spiro atoms. The molecular weight excluding hydrogens is 386 g/mol. The van der Waals surface area contributed by atoms with Crippen LogP contribution in [0.1, 0.15) is 0 Å². The van der Waals surface area contributed by atoms with Crippen molar-refractivity contribution < 1.29 is 19.2 Å². The molecule has 0 aliphatic rings. The third kappa shape index (κ3) is 5.18. The predicted octanol–water partition coefficient (Wildman–Crippen LogP) is 4.45. The molecule has 9 heteroatoms. The number of carbonyl (C=O) groups is 1. The molecule has 1 amide bonds. The molecule has 3 aromatic rings. The van der Waals surface area contributed by atoms with Crippen molar-refractivity contribution in [3.63, 3.8) is 0 Å². The minimum atomic E-state index is -0.621. The number of nitrogens with one attached hydrogen (secondary N) is 1. The number of nitrogens with zero attached hydrogens (tertiary/aromatic N) is 2. The van der Waals surface area contributed by atoms with Crippen LogP contribution < -0.4 is 14.8 Å². The number of benzene rings is 2. The van der Waals surface area contributed by atoms with E-state index in [2.05, 4.69) is 10.3 Å². The number of aromatic nitrogens is 1. The minimum Gasteiger partial charge on any atom is -0.484 e.